The van der Waals surface area contributed by atoms with E-state index in [2.05, 4.69) is 0 Å². The summed E-state index contributed by atoms with van der Waals surface area (Å²) in [5.41, 5.74) is 0. The molecule has 2 aromatic rings. The van der Waals surface area contributed by atoms with Crippen LogP contribution < -0.4 is 9.47 Å². The number of hydrogen-bond acceptors (Lipinski definition) is 4. The van der Waals surface area contributed by atoms with Gasteiger partial charge in [-0.05, 0) is 24.3 Å². The van der Waals surface area contributed by atoms with Crippen LogP contribution in [0.4, 0.5) is 0 Å². The van der Waals surface area contributed by atoms with E-state index >= 15 is 0 Å². The van der Waals surface area contributed by atoms with Gasteiger partial charge in [-0.1, -0.05) is 43.3 Å². The summed E-state index contributed by atoms with van der Waals surface area (Å²) >= 11 is 0. The van der Waals surface area contributed by atoms with Crippen LogP contribution in [0.25, 0.3) is 0 Å². The Morgan fingerprint density at radius 3 is 1.86 bits per heavy atom. The summed E-state index contributed by atoms with van der Waals surface area (Å²) in [5.74, 6) is -0.553. The second kappa shape index (κ2) is 7.24. The number of benzene rings is 2. The molecule has 0 saturated carbocycles. The number of carbonyl (C=O) groups is 2. The van der Waals surface area contributed by atoms with E-state index in [9.17, 15) is 9.59 Å². The van der Waals surface area contributed by atoms with E-state index in [1.165, 1.54) is 0 Å². The van der Waals surface area contributed by atoms with Crippen LogP contribution in [0.15, 0.2) is 60.7 Å². The first-order chi connectivity index (χ1) is 10.1. The van der Waals surface area contributed by atoms with Crippen LogP contribution >= 0.6 is 0 Å². The van der Waals surface area contributed by atoms with E-state index in [0.29, 0.717) is 11.5 Å². The van der Waals surface area contributed by atoms with Crippen LogP contribution in [0.5, 0.6) is 11.5 Å². The number of para-hydroxylation sites is 2. The number of hydrogen-bond donors (Lipinski definition) is 0. The van der Waals surface area contributed by atoms with E-state index < -0.39 is 17.9 Å². The van der Waals surface area contributed by atoms with E-state index in [-0.39, 0.29) is 6.42 Å². The van der Waals surface area contributed by atoms with Gasteiger partial charge in [-0.3, -0.25) is 9.59 Å². The van der Waals surface area contributed by atoms with E-state index in [1.807, 2.05) is 12.1 Å². The maximum absolute atomic E-state index is 11.9. The van der Waals surface area contributed by atoms with Gasteiger partial charge in [0.05, 0.1) is 12.3 Å². The Hall–Kier alpha value is -2.62. The van der Waals surface area contributed by atoms with Crippen LogP contribution in [0.1, 0.15) is 13.3 Å². The van der Waals surface area contributed by atoms with Crippen molar-refractivity contribution in [2.75, 3.05) is 0 Å². The lowest BCUT2D eigenvalue weighted by atomic mass is 10.1. The van der Waals surface area contributed by atoms with E-state index in [0.717, 1.165) is 0 Å². The van der Waals surface area contributed by atoms with Gasteiger partial charge in [0.25, 0.3) is 0 Å². The van der Waals surface area contributed by atoms with Gasteiger partial charge in [-0.2, -0.15) is 0 Å². The van der Waals surface area contributed by atoms with Gasteiger partial charge in [0, 0.05) is 0 Å². The predicted octanol–water partition coefficient (Wildman–Crippen LogP) is 3.22. The summed E-state index contributed by atoms with van der Waals surface area (Å²) in [6.07, 6.45) is -0.0272. The van der Waals surface area contributed by atoms with Crippen molar-refractivity contribution in [1.29, 1.82) is 0 Å². The Bertz CT molecular complexity index is 593. The molecule has 0 radical (unpaired) electrons. The molecule has 0 heterocycles. The SMILES string of the molecule is CC(CC(=O)Oc1ccccc1)C(=O)Oc1ccccc1. The monoisotopic (exact) mass is 284 g/mol. The molecule has 21 heavy (non-hydrogen) atoms. The molecular weight excluding hydrogens is 268 g/mol. The van der Waals surface area contributed by atoms with Crippen molar-refractivity contribution in [3.63, 3.8) is 0 Å². The molecule has 0 N–H and O–H groups in total. The van der Waals surface area contributed by atoms with Crippen LogP contribution in [0.3, 0.4) is 0 Å². The van der Waals surface area contributed by atoms with Crippen molar-refractivity contribution in [1.82, 2.24) is 0 Å². The number of ether oxygens (including phenoxy) is 2. The molecule has 1 unspecified atom stereocenters. The zero-order valence-corrected chi connectivity index (χ0v) is 11.7. The van der Waals surface area contributed by atoms with Gasteiger partial charge in [0.1, 0.15) is 11.5 Å². The summed E-state index contributed by atoms with van der Waals surface area (Å²) < 4.78 is 10.3. The number of rotatable bonds is 5. The first-order valence-electron chi connectivity index (χ1n) is 6.67. The normalized spacial score (nSPS) is 11.5. The van der Waals surface area contributed by atoms with Crippen molar-refractivity contribution < 1.29 is 19.1 Å². The summed E-state index contributed by atoms with van der Waals surface area (Å²) in [6.45, 7) is 1.64. The molecule has 0 aliphatic heterocycles. The van der Waals surface area contributed by atoms with Gasteiger partial charge < -0.3 is 9.47 Å². The Morgan fingerprint density at radius 2 is 1.33 bits per heavy atom. The predicted molar refractivity (Wildman–Crippen MR) is 77.9 cm³/mol. The molecule has 0 spiro atoms. The standard InChI is InChI=1S/C17H16O4/c1-13(17(19)21-15-10-6-3-7-11-15)12-16(18)20-14-8-4-2-5-9-14/h2-11,13H,12H2,1H3. The lowest BCUT2D eigenvalue weighted by Crippen LogP contribution is -2.22. The van der Waals surface area contributed by atoms with Crippen molar-refractivity contribution >= 4 is 11.9 Å². The number of esters is 2. The molecular formula is C17H16O4. The minimum atomic E-state index is -0.568. The lowest BCUT2D eigenvalue weighted by molar-refractivity contribution is -0.144. The third-order valence-electron chi connectivity index (χ3n) is 2.81. The minimum absolute atomic E-state index is 0.0272. The highest BCUT2D eigenvalue weighted by Gasteiger charge is 2.20. The third-order valence-corrected chi connectivity index (χ3v) is 2.81. The summed E-state index contributed by atoms with van der Waals surface area (Å²) in [5, 5.41) is 0. The fraction of sp³-hybridized carbons (Fsp3) is 0.176. The lowest BCUT2D eigenvalue weighted by Gasteiger charge is -2.10. The summed E-state index contributed by atoms with van der Waals surface area (Å²) in [6, 6.07) is 17.5. The summed E-state index contributed by atoms with van der Waals surface area (Å²) in [4.78, 5) is 23.6. The quantitative estimate of drug-likeness (QED) is 0.625. The smallest absolute Gasteiger partial charge is 0.314 e. The average molecular weight is 284 g/mol. The maximum Gasteiger partial charge on any atom is 0.314 e. The van der Waals surface area contributed by atoms with Crippen molar-refractivity contribution in [3.8, 4) is 11.5 Å². The Balaban J connectivity index is 1.84. The van der Waals surface area contributed by atoms with Crippen LogP contribution in [-0.4, -0.2) is 11.9 Å². The Kier molecular flexibility index (Phi) is 5.10. The van der Waals surface area contributed by atoms with Gasteiger partial charge in [0.2, 0.25) is 0 Å². The molecule has 2 aromatic carbocycles. The largest absolute Gasteiger partial charge is 0.427 e. The Morgan fingerprint density at radius 1 is 0.857 bits per heavy atom. The zero-order valence-electron chi connectivity index (χ0n) is 11.7. The molecule has 0 aliphatic rings. The minimum Gasteiger partial charge on any atom is -0.427 e. The molecule has 108 valence electrons. The Labute approximate surface area is 123 Å². The molecule has 1 atom stereocenters. The third kappa shape index (κ3) is 4.76. The van der Waals surface area contributed by atoms with Crippen molar-refractivity contribution in [2.45, 2.75) is 13.3 Å². The van der Waals surface area contributed by atoms with Crippen LogP contribution in [0.2, 0.25) is 0 Å². The van der Waals surface area contributed by atoms with Crippen molar-refractivity contribution in [2.24, 2.45) is 5.92 Å². The van der Waals surface area contributed by atoms with E-state index in [4.69, 9.17) is 9.47 Å². The van der Waals surface area contributed by atoms with Gasteiger partial charge in [-0.25, -0.2) is 0 Å². The maximum atomic E-state index is 11.9. The molecule has 0 bridgehead atoms. The molecule has 0 aliphatic carbocycles. The highest BCUT2D eigenvalue weighted by atomic mass is 16.5. The highest BCUT2D eigenvalue weighted by molar-refractivity contribution is 5.81. The molecule has 2 rings (SSSR count). The fourth-order valence-electron chi connectivity index (χ4n) is 1.70. The van der Waals surface area contributed by atoms with Crippen molar-refractivity contribution in [3.05, 3.63) is 60.7 Å². The summed E-state index contributed by atoms with van der Waals surface area (Å²) in [7, 11) is 0. The second-order valence-corrected chi connectivity index (χ2v) is 4.63. The molecule has 0 aromatic heterocycles. The van der Waals surface area contributed by atoms with E-state index in [1.54, 1.807) is 55.5 Å². The molecule has 0 amide bonds. The molecule has 0 saturated heterocycles. The zero-order chi connectivity index (χ0) is 15.1. The first kappa shape index (κ1) is 14.8. The average Bonchev–Trinajstić information content (AvgIpc) is 2.49. The van der Waals surface area contributed by atoms with Crippen LogP contribution in [-0.2, 0) is 9.59 Å². The van der Waals surface area contributed by atoms with Gasteiger partial charge >= 0.3 is 11.9 Å². The topological polar surface area (TPSA) is 52.6 Å². The fourth-order valence-corrected chi connectivity index (χ4v) is 1.70. The second-order valence-electron chi connectivity index (χ2n) is 4.63. The number of carbonyl (C=O) groups excluding carboxylic acids is 2. The first-order valence-corrected chi connectivity index (χ1v) is 6.67. The van der Waals surface area contributed by atoms with Gasteiger partial charge in [0.15, 0.2) is 0 Å². The molecule has 0 fully saturated rings. The highest BCUT2D eigenvalue weighted by Crippen LogP contribution is 2.15. The molecule has 4 heteroatoms. The molecule has 4 nitrogen and oxygen atoms in total. The van der Waals surface area contributed by atoms with Gasteiger partial charge in [-0.15, -0.1) is 0 Å². The van der Waals surface area contributed by atoms with Crippen LogP contribution in [0, 0.1) is 5.92 Å².